The van der Waals surface area contributed by atoms with Gasteiger partial charge in [0.05, 0.1) is 18.6 Å². The largest absolute Gasteiger partial charge is 0.328 e. The standard InChI is InChI=1S/C10H13N3O/c1-3-13-7-12-6-9(13)10(14)8(2)4-5-11/h6-8H,3-4H2,1-2H3. The molecule has 0 aromatic carbocycles. The van der Waals surface area contributed by atoms with Crippen LogP contribution in [0.4, 0.5) is 0 Å². The monoisotopic (exact) mass is 191 g/mol. The maximum Gasteiger partial charge on any atom is 0.184 e. The van der Waals surface area contributed by atoms with Gasteiger partial charge in [0.15, 0.2) is 5.78 Å². The molecule has 0 aliphatic heterocycles. The molecule has 1 aromatic heterocycles. The van der Waals surface area contributed by atoms with Crippen LogP contribution in [0.1, 0.15) is 30.8 Å². The van der Waals surface area contributed by atoms with E-state index in [0.29, 0.717) is 5.69 Å². The van der Waals surface area contributed by atoms with E-state index < -0.39 is 0 Å². The van der Waals surface area contributed by atoms with Crippen LogP contribution in [0.3, 0.4) is 0 Å². The molecule has 0 amide bonds. The molecule has 4 nitrogen and oxygen atoms in total. The summed E-state index contributed by atoms with van der Waals surface area (Å²) in [6.07, 6.45) is 3.44. The summed E-state index contributed by atoms with van der Waals surface area (Å²) in [6.45, 7) is 4.44. The number of aromatic nitrogens is 2. The Balaban J connectivity index is 2.84. The van der Waals surface area contributed by atoms with Gasteiger partial charge >= 0.3 is 0 Å². The molecule has 0 saturated heterocycles. The van der Waals surface area contributed by atoms with Gasteiger partial charge in [-0.15, -0.1) is 0 Å². The fraction of sp³-hybridized carbons (Fsp3) is 0.500. The van der Waals surface area contributed by atoms with Crippen LogP contribution in [0.5, 0.6) is 0 Å². The highest BCUT2D eigenvalue weighted by atomic mass is 16.1. The summed E-state index contributed by atoms with van der Waals surface area (Å²) in [7, 11) is 0. The van der Waals surface area contributed by atoms with E-state index in [2.05, 4.69) is 4.98 Å². The Morgan fingerprint density at radius 2 is 2.50 bits per heavy atom. The number of nitrogens with zero attached hydrogens (tertiary/aromatic N) is 3. The first-order chi connectivity index (χ1) is 6.70. The molecule has 1 rings (SSSR count). The van der Waals surface area contributed by atoms with Crippen molar-refractivity contribution >= 4 is 5.78 Å². The highest BCUT2D eigenvalue weighted by molar-refractivity contribution is 5.96. The molecular formula is C10H13N3O. The van der Waals surface area contributed by atoms with Crippen LogP contribution >= 0.6 is 0 Å². The Kier molecular flexibility index (Phi) is 3.41. The van der Waals surface area contributed by atoms with Crippen molar-refractivity contribution < 1.29 is 4.79 Å². The summed E-state index contributed by atoms with van der Waals surface area (Å²) in [6, 6.07) is 2.00. The number of imidazole rings is 1. The lowest BCUT2D eigenvalue weighted by Crippen LogP contribution is -2.15. The Labute approximate surface area is 83.2 Å². The third-order valence-electron chi connectivity index (χ3n) is 2.15. The lowest BCUT2D eigenvalue weighted by molar-refractivity contribution is 0.0922. The number of Topliss-reactive ketones (excluding diaryl/α,β-unsaturated/α-hetero) is 1. The number of aryl methyl sites for hydroxylation is 1. The maximum absolute atomic E-state index is 11.8. The molecule has 74 valence electrons. The van der Waals surface area contributed by atoms with E-state index in [4.69, 9.17) is 5.26 Å². The topological polar surface area (TPSA) is 58.7 Å². The smallest absolute Gasteiger partial charge is 0.184 e. The molecule has 4 heteroatoms. The van der Waals surface area contributed by atoms with Crippen molar-refractivity contribution in [2.45, 2.75) is 26.8 Å². The molecule has 1 aromatic rings. The average Bonchev–Trinajstić information content (AvgIpc) is 2.64. The van der Waals surface area contributed by atoms with Crippen LogP contribution in [0.2, 0.25) is 0 Å². The van der Waals surface area contributed by atoms with Gasteiger partial charge in [0.2, 0.25) is 0 Å². The van der Waals surface area contributed by atoms with Crippen molar-refractivity contribution in [3.05, 3.63) is 18.2 Å². The third-order valence-corrected chi connectivity index (χ3v) is 2.15. The van der Waals surface area contributed by atoms with Crippen molar-refractivity contribution in [3.63, 3.8) is 0 Å². The molecule has 14 heavy (non-hydrogen) atoms. The first-order valence-electron chi connectivity index (χ1n) is 4.62. The average molecular weight is 191 g/mol. The van der Waals surface area contributed by atoms with Crippen LogP contribution in [-0.2, 0) is 6.54 Å². The fourth-order valence-corrected chi connectivity index (χ4v) is 1.26. The van der Waals surface area contributed by atoms with E-state index in [9.17, 15) is 4.79 Å². The SMILES string of the molecule is CCn1cncc1C(=O)C(C)CC#N. The van der Waals surface area contributed by atoms with Gasteiger partial charge < -0.3 is 4.57 Å². The predicted octanol–water partition coefficient (Wildman–Crippen LogP) is 1.64. The summed E-state index contributed by atoms with van der Waals surface area (Å²) >= 11 is 0. The lowest BCUT2D eigenvalue weighted by atomic mass is 10.0. The zero-order valence-corrected chi connectivity index (χ0v) is 8.40. The molecule has 0 N–H and O–H groups in total. The van der Waals surface area contributed by atoms with Crippen LogP contribution in [0, 0.1) is 17.2 Å². The van der Waals surface area contributed by atoms with Crippen molar-refractivity contribution in [3.8, 4) is 6.07 Å². The van der Waals surface area contributed by atoms with Crippen LogP contribution in [0.25, 0.3) is 0 Å². The molecule has 1 atom stereocenters. The lowest BCUT2D eigenvalue weighted by Gasteiger charge is -2.07. The number of nitriles is 1. The number of rotatable bonds is 4. The van der Waals surface area contributed by atoms with E-state index in [1.807, 2.05) is 13.0 Å². The Hall–Kier alpha value is -1.63. The molecule has 0 saturated carbocycles. The number of ketones is 1. The van der Waals surface area contributed by atoms with Crippen molar-refractivity contribution in [2.24, 2.45) is 5.92 Å². The summed E-state index contributed by atoms with van der Waals surface area (Å²) in [5.74, 6) is -0.257. The molecule has 0 aliphatic rings. The quantitative estimate of drug-likeness (QED) is 0.680. The Morgan fingerprint density at radius 3 is 3.07 bits per heavy atom. The predicted molar refractivity (Wildman–Crippen MR) is 51.6 cm³/mol. The molecule has 0 spiro atoms. The van der Waals surface area contributed by atoms with E-state index in [1.165, 1.54) is 0 Å². The van der Waals surface area contributed by atoms with Gasteiger partial charge in [-0.25, -0.2) is 4.98 Å². The van der Waals surface area contributed by atoms with Gasteiger partial charge in [0.25, 0.3) is 0 Å². The fourth-order valence-electron chi connectivity index (χ4n) is 1.26. The molecule has 0 aliphatic carbocycles. The first-order valence-corrected chi connectivity index (χ1v) is 4.62. The van der Waals surface area contributed by atoms with E-state index in [-0.39, 0.29) is 18.1 Å². The second-order valence-electron chi connectivity index (χ2n) is 3.19. The second kappa shape index (κ2) is 4.56. The summed E-state index contributed by atoms with van der Waals surface area (Å²) in [5, 5.41) is 8.48. The zero-order chi connectivity index (χ0) is 10.6. The van der Waals surface area contributed by atoms with Crippen LogP contribution in [-0.4, -0.2) is 15.3 Å². The van der Waals surface area contributed by atoms with E-state index in [0.717, 1.165) is 6.54 Å². The Morgan fingerprint density at radius 1 is 1.79 bits per heavy atom. The second-order valence-corrected chi connectivity index (χ2v) is 3.19. The summed E-state index contributed by atoms with van der Waals surface area (Å²) in [4.78, 5) is 15.7. The summed E-state index contributed by atoms with van der Waals surface area (Å²) in [5.41, 5.74) is 0.593. The number of carbonyl (C=O) groups excluding carboxylic acids is 1. The van der Waals surface area contributed by atoms with Gasteiger partial charge in [0.1, 0.15) is 5.69 Å². The highest BCUT2D eigenvalue weighted by Gasteiger charge is 2.17. The van der Waals surface area contributed by atoms with E-state index >= 15 is 0 Å². The molecule has 1 heterocycles. The number of carbonyl (C=O) groups is 1. The Bertz CT molecular complexity index is 362. The normalized spacial score (nSPS) is 12.1. The van der Waals surface area contributed by atoms with Gasteiger partial charge in [-0.2, -0.15) is 5.26 Å². The summed E-state index contributed by atoms with van der Waals surface area (Å²) < 4.78 is 1.79. The van der Waals surface area contributed by atoms with Crippen molar-refractivity contribution in [1.29, 1.82) is 5.26 Å². The molecule has 0 fully saturated rings. The van der Waals surface area contributed by atoms with Gasteiger partial charge in [-0.1, -0.05) is 6.92 Å². The molecule has 0 bridgehead atoms. The van der Waals surface area contributed by atoms with Gasteiger partial charge in [-0.3, -0.25) is 4.79 Å². The van der Waals surface area contributed by atoms with Gasteiger partial charge in [-0.05, 0) is 6.92 Å². The minimum atomic E-state index is -0.248. The number of hydrogen-bond donors (Lipinski definition) is 0. The minimum Gasteiger partial charge on any atom is -0.328 e. The molecule has 0 radical (unpaired) electrons. The third kappa shape index (κ3) is 1.99. The van der Waals surface area contributed by atoms with Crippen LogP contribution in [0.15, 0.2) is 12.5 Å². The highest BCUT2D eigenvalue weighted by Crippen LogP contribution is 2.11. The number of hydrogen-bond acceptors (Lipinski definition) is 3. The molecule has 1 unspecified atom stereocenters. The molecular weight excluding hydrogens is 178 g/mol. The van der Waals surface area contributed by atoms with Gasteiger partial charge in [0, 0.05) is 18.9 Å². The zero-order valence-electron chi connectivity index (χ0n) is 8.40. The van der Waals surface area contributed by atoms with E-state index in [1.54, 1.807) is 24.0 Å². The first kappa shape index (κ1) is 10.5. The minimum absolute atomic E-state index is 0.00843. The van der Waals surface area contributed by atoms with Crippen molar-refractivity contribution in [2.75, 3.05) is 0 Å². The van der Waals surface area contributed by atoms with Crippen LogP contribution < -0.4 is 0 Å². The van der Waals surface area contributed by atoms with Crippen molar-refractivity contribution in [1.82, 2.24) is 9.55 Å². The maximum atomic E-state index is 11.8.